The molecule has 0 aliphatic carbocycles. The van der Waals surface area contributed by atoms with E-state index in [0.29, 0.717) is 16.9 Å². The lowest BCUT2D eigenvalue weighted by Gasteiger charge is -2.10. The number of amides is 1. The number of carbonyl (C=O) groups excluding carboxylic acids is 1. The van der Waals surface area contributed by atoms with E-state index in [1.165, 1.54) is 12.1 Å². The van der Waals surface area contributed by atoms with Crippen molar-refractivity contribution in [2.45, 2.75) is 18.2 Å². The minimum absolute atomic E-state index is 0.00355. The van der Waals surface area contributed by atoms with Crippen molar-refractivity contribution in [1.82, 2.24) is 0 Å². The molecule has 0 fully saturated rings. The van der Waals surface area contributed by atoms with Crippen LogP contribution in [-0.2, 0) is 25.6 Å². The van der Waals surface area contributed by atoms with Gasteiger partial charge in [0.1, 0.15) is 0 Å². The summed E-state index contributed by atoms with van der Waals surface area (Å²) in [7, 11) is -3.96. The second kappa shape index (κ2) is 5.43. The lowest BCUT2D eigenvalue weighted by Crippen LogP contribution is -2.12. The van der Waals surface area contributed by atoms with Crippen molar-refractivity contribution in [3.63, 3.8) is 0 Å². The van der Waals surface area contributed by atoms with Gasteiger partial charge in [0.05, 0.1) is 17.0 Å². The lowest BCUT2D eigenvalue weighted by molar-refractivity contribution is -0.115. The Labute approximate surface area is 128 Å². The zero-order chi connectivity index (χ0) is 15.7. The molecule has 2 N–H and O–H groups in total. The number of aryl methyl sites for hydroxylation is 1. The van der Waals surface area contributed by atoms with E-state index in [1.54, 1.807) is 18.2 Å². The van der Waals surface area contributed by atoms with Gasteiger partial charge in [-0.3, -0.25) is 4.79 Å². The Hall–Kier alpha value is -2.38. The first kappa shape index (κ1) is 14.6. The molecule has 2 aromatic rings. The molecule has 22 heavy (non-hydrogen) atoms. The fourth-order valence-electron chi connectivity index (χ4n) is 2.20. The van der Waals surface area contributed by atoms with Crippen LogP contribution in [0.2, 0.25) is 0 Å². The SMILES string of the molecule is Cc1ccccc1NOS(=O)(=O)c1ccc2c(c1)CC(=O)N2. The number of para-hydroxylation sites is 1. The summed E-state index contributed by atoms with van der Waals surface area (Å²) < 4.78 is 29.3. The fraction of sp³-hybridized carbons (Fsp3) is 0.133. The van der Waals surface area contributed by atoms with E-state index in [0.717, 1.165) is 5.56 Å². The monoisotopic (exact) mass is 318 g/mol. The molecule has 114 valence electrons. The van der Waals surface area contributed by atoms with Crippen LogP contribution >= 0.6 is 0 Å². The molecular weight excluding hydrogens is 304 g/mol. The van der Waals surface area contributed by atoms with Gasteiger partial charge in [0, 0.05) is 5.69 Å². The van der Waals surface area contributed by atoms with Crippen molar-refractivity contribution < 1.29 is 17.5 Å². The maximum Gasteiger partial charge on any atom is 0.317 e. The molecule has 1 aliphatic heterocycles. The molecule has 0 spiro atoms. The molecule has 0 aromatic heterocycles. The Bertz CT molecular complexity index is 846. The fourth-order valence-corrected chi connectivity index (χ4v) is 3.01. The number of anilines is 2. The number of carbonyl (C=O) groups is 1. The van der Waals surface area contributed by atoms with Crippen molar-refractivity contribution in [3.8, 4) is 0 Å². The first-order chi connectivity index (χ1) is 10.5. The zero-order valence-corrected chi connectivity index (χ0v) is 12.6. The standard InChI is InChI=1S/C15H14N2O4S/c1-10-4-2-3-5-13(10)17-21-22(19,20)12-6-7-14-11(8-12)9-15(18)16-14/h2-8,17H,9H2,1H3,(H,16,18). The topological polar surface area (TPSA) is 84.5 Å². The summed E-state index contributed by atoms with van der Waals surface area (Å²) >= 11 is 0. The van der Waals surface area contributed by atoms with E-state index >= 15 is 0 Å². The summed E-state index contributed by atoms with van der Waals surface area (Å²) in [5, 5.41) is 2.65. The van der Waals surface area contributed by atoms with Gasteiger partial charge in [-0.2, -0.15) is 8.42 Å². The average Bonchev–Trinajstić information content (AvgIpc) is 2.85. The minimum Gasteiger partial charge on any atom is -0.326 e. The number of hydrogen-bond donors (Lipinski definition) is 2. The Morgan fingerprint density at radius 2 is 1.95 bits per heavy atom. The second-order valence-corrected chi connectivity index (χ2v) is 6.54. The van der Waals surface area contributed by atoms with Crippen molar-refractivity contribution in [2.75, 3.05) is 10.8 Å². The van der Waals surface area contributed by atoms with Gasteiger partial charge < -0.3 is 5.32 Å². The second-order valence-electron chi connectivity index (χ2n) is 5.00. The third-order valence-corrected chi connectivity index (χ3v) is 4.53. The predicted octanol–water partition coefficient (Wildman–Crippen LogP) is 2.22. The van der Waals surface area contributed by atoms with E-state index < -0.39 is 10.1 Å². The maximum atomic E-state index is 12.2. The molecular formula is C15H14N2O4S. The Morgan fingerprint density at radius 1 is 1.18 bits per heavy atom. The van der Waals surface area contributed by atoms with Gasteiger partial charge in [0.2, 0.25) is 5.91 Å². The van der Waals surface area contributed by atoms with Gasteiger partial charge in [-0.1, -0.05) is 18.2 Å². The van der Waals surface area contributed by atoms with E-state index in [4.69, 9.17) is 4.28 Å². The van der Waals surface area contributed by atoms with Gasteiger partial charge in [0.25, 0.3) is 0 Å². The lowest BCUT2D eigenvalue weighted by atomic mass is 10.2. The first-order valence-corrected chi connectivity index (χ1v) is 8.04. The van der Waals surface area contributed by atoms with Crippen LogP contribution in [0, 0.1) is 6.92 Å². The van der Waals surface area contributed by atoms with Crippen LogP contribution in [0.15, 0.2) is 47.4 Å². The Morgan fingerprint density at radius 3 is 2.73 bits per heavy atom. The maximum absolute atomic E-state index is 12.2. The quantitative estimate of drug-likeness (QED) is 0.845. The third-order valence-electron chi connectivity index (χ3n) is 3.40. The Balaban J connectivity index is 1.81. The van der Waals surface area contributed by atoms with Crippen LogP contribution < -0.4 is 10.8 Å². The highest BCUT2D eigenvalue weighted by molar-refractivity contribution is 7.86. The minimum atomic E-state index is -3.96. The number of fused-ring (bicyclic) bond motifs is 1. The zero-order valence-electron chi connectivity index (χ0n) is 11.8. The normalized spacial score (nSPS) is 13.6. The summed E-state index contributed by atoms with van der Waals surface area (Å²) in [6.45, 7) is 1.84. The van der Waals surface area contributed by atoms with Crippen molar-refractivity contribution in [2.24, 2.45) is 0 Å². The molecule has 0 radical (unpaired) electrons. The van der Waals surface area contributed by atoms with Crippen LogP contribution in [0.5, 0.6) is 0 Å². The van der Waals surface area contributed by atoms with Gasteiger partial charge >= 0.3 is 10.1 Å². The van der Waals surface area contributed by atoms with E-state index in [9.17, 15) is 13.2 Å². The van der Waals surface area contributed by atoms with E-state index in [-0.39, 0.29) is 17.2 Å². The molecule has 2 aromatic carbocycles. The van der Waals surface area contributed by atoms with Crippen LogP contribution in [-0.4, -0.2) is 14.3 Å². The number of hydrogen-bond acceptors (Lipinski definition) is 5. The van der Waals surface area contributed by atoms with Crippen molar-refractivity contribution in [1.29, 1.82) is 0 Å². The van der Waals surface area contributed by atoms with Crippen LogP contribution in [0.1, 0.15) is 11.1 Å². The molecule has 1 aliphatic rings. The van der Waals surface area contributed by atoms with Crippen LogP contribution in [0.4, 0.5) is 11.4 Å². The molecule has 0 atom stereocenters. The summed E-state index contributed by atoms with van der Waals surface area (Å²) in [4.78, 5) is 11.3. The molecule has 0 saturated carbocycles. The molecule has 7 heteroatoms. The van der Waals surface area contributed by atoms with Crippen molar-refractivity contribution >= 4 is 27.4 Å². The Kier molecular flexibility index (Phi) is 3.59. The molecule has 1 heterocycles. The highest BCUT2D eigenvalue weighted by Gasteiger charge is 2.22. The molecule has 0 unspecified atom stereocenters. The van der Waals surface area contributed by atoms with Gasteiger partial charge in [-0.15, -0.1) is 4.28 Å². The predicted molar refractivity (Wildman–Crippen MR) is 81.8 cm³/mol. The summed E-state index contributed by atoms with van der Waals surface area (Å²) in [5.74, 6) is -0.150. The van der Waals surface area contributed by atoms with Crippen LogP contribution in [0.25, 0.3) is 0 Å². The highest BCUT2D eigenvalue weighted by Crippen LogP contribution is 2.26. The molecule has 1 amide bonds. The van der Waals surface area contributed by atoms with E-state index in [2.05, 4.69) is 10.8 Å². The largest absolute Gasteiger partial charge is 0.326 e. The highest BCUT2D eigenvalue weighted by atomic mass is 32.2. The number of rotatable bonds is 4. The van der Waals surface area contributed by atoms with E-state index in [1.807, 2.05) is 19.1 Å². The summed E-state index contributed by atoms with van der Waals surface area (Å²) in [6, 6.07) is 11.6. The first-order valence-electron chi connectivity index (χ1n) is 6.63. The molecule has 0 saturated heterocycles. The third kappa shape index (κ3) is 2.81. The smallest absolute Gasteiger partial charge is 0.317 e. The number of nitrogens with one attached hydrogen (secondary N) is 2. The van der Waals surface area contributed by atoms with Gasteiger partial charge in [0.15, 0.2) is 0 Å². The van der Waals surface area contributed by atoms with Crippen molar-refractivity contribution in [3.05, 3.63) is 53.6 Å². The summed E-state index contributed by atoms with van der Waals surface area (Å²) in [6.07, 6.45) is 0.171. The molecule has 0 bridgehead atoms. The molecule has 3 rings (SSSR count). The van der Waals surface area contributed by atoms with Crippen LogP contribution in [0.3, 0.4) is 0 Å². The summed E-state index contributed by atoms with van der Waals surface area (Å²) in [5.41, 5.74) is 5.17. The molecule has 6 nitrogen and oxygen atoms in total. The number of benzene rings is 2. The average molecular weight is 318 g/mol. The van der Waals surface area contributed by atoms with Gasteiger partial charge in [-0.25, -0.2) is 5.48 Å². The van der Waals surface area contributed by atoms with Gasteiger partial charge in [-0.05, 0) is 42.3 Å².